The Kier molecular flexibility index (Phi) is 6.58. The Labute approximate surface area is 140 Å². The molecule has 0 atom stereocenters. The smallest absolute Gasteiger partial charge is 0.344 e. The van der Waals surface area contributed by atoms with Gasteiger partial charge in [0.1, 0.15) is 5.75 Å². The van der Waals surface area contributed by atoms with Crippen LogP contribution < -0.4 is 10.1 Å². The van der Waals surface area contributed by atoms with Gasteiger partial charge in [0, 0.05) is 17.8 Å². The van der Waals surface area contributed by atoms with Crippen molar-refractivity contribution in [2.75, 3.05) is 18.5 Å². The van der Waals surface area contributed by atoms with Gasteiger partial charge in [0.2, 0.25) is 5.91 Å². The van der Waals surface area contributed by atoms with Gasteiger partial charge in [-0.1, -0.05) is 36.4 Å². The Morgan fingerprint density at radius 2 is 1.88 bits per heavy atom. The average molecular weight is 325 g/mol. The standard InChI is InChI=1S/C19H19NO4/c1-2-23-19(22)14-24-17-10-6-9-16(13-17)20-18(21)12-11-15-7-4-3-5-8-15/h3-13H,2,14H2,1H3,(H,20,21)/b12-11+. The summed E-state index contributed by atoms with van der Waals surface area (Å²) in [5.41, 5.74) is 1.53. The zero-order valence-corrected chi connectivity index (χ0v) is 13.4. The second-order valence-electron chi connectivity index (χ2n) is 4.85. The summed E-state index contributed by atoms with van der Waals surface area (Å²) in [7, 11) is 0. The third kappa shape index (κ3) is 5.96. The van der Waals surface area contributed by atoms with E-state index in [1.807, 2.05) is 30.3 Å². The molecule has 0 radical (unpaired) electrons. The zero-order chi connectivity index (χ0) is 17.2. The second-order valence-corrected chi connectivity index (χ2v) is 4.85. The summed E-state index contributed by atoms with van der Waals surface area (Å²) in [6, 6.07) is 16.4. The van der Waals surface area contributed by atoms with E-state index in [4.69, 9.17) is 9.47 Å². The molecule has 2 aromatic rings. The molecule has 5 heteroatoms. The summed E-state index contributed by atoms with van der Waals surface area (Å²) in [5, 5.41) is 2.74. The van der Waals surface area contributed by atoms with E-state index in [-0.39, 0.29) is 12.5 Å². The van der Waals surface area contributed by atoms with E-state index >= 15 is 0 Å². The molecule has 1 amide bonds. The number of rotatable bonds is 7. The lowest BCUT2D eigenvalue weighted by atomic mass is 10.2. The van der Waals surface area contributed by atoms with Crippen molar-refractivity contribution >= 4 is 23.6 Å². The Balaban J connectivity index is 1.90. The maximum absolute atomic E-state index is 11.9. The highest BCUT2D eigenvalue weighted by molar-refractivity contribution is 6.02. The lowest BCUT2D eigenvalue weighted by molar-refractivity contribution is -0.145. The van der Waals surface area contributed by atoms with Crippen molar-refractivity contribution in [1.82, 2.24) is 0 Å². The molecule has 0 bridgehead atoms. The van der Waals surface area contributed by atoms with Gasteiger partial charge in [0.05, 0.1) is 6.61 Å². The van der Waals surface area contributed by atoms with Crippen LogP contribution in [-0.4, -0.2) is 25.1 Å². The van der Waals surface area contributed by atoms with E-state index < -0.39 is 5.97 Å². The molecule has 0 aliphatic rings. The van der Waals surface area contributed by atoms with E-state index in [2.05, 4.69) is 5.32 Å². The highest BCUT2D eigenvalue weighted by Gasteiger charge is 2.04. The SMILES string of the molecule is CCOC(=O)COc1cccc(NC(=O)/C=C/c2ccccc2)c1. The summed E-state index contributed by atoms with van der Waals surface area (Å²) < 4.78 is 10.1. The molecule has 0 saturated heterocycles. The van der Waals surface area contributed by atoms with Gasteiger partial charge in [0.15, 0.2) is 6.61 Å². The Morgan fingerprint density at radius 1 is 1.08 bits per heavy atom. The Hall–Kier alpha value is -3.08. The molecule has 0 spiro atoms. The van der Waals surface area contributed by atoms with Crippen molar-refractivity contribution < 1.29 is 19.1 Å². The van der Waals surface area contributed by atoms with Gasteiger partial charge in [0.25, 0.3) is 0 Å². The highest BCUT2D eigenvalue weighted by atomic mass is 16.6. The number of hydrogen-bond donors (Lipinski definition) is 1. The quantitative estimate of drug-likeness (QED) is 0.627. The predicted octanol–water partition coefficient (Wildman–Crippen LogP) is 3.28. The normalized spacial score (nSPS) is 10.4. The number of ether oxygens (including phenoxy) is 2. The predicted molar refractivity (Wildman–Crippen MR) is 92.7 cm³/mol. The van der Waals surface area contributed by atoms with Gasteiger partial charge in [-0.25, -0.2) is 4.79 Å². The molecule has 0 aliphatic heterocycles. The van der Waals surface area contributed by atoms with Crippen LogP contribution in [0.25, 0.3) is 6.08 Å². The molecular weight excluding hydrogens is 306 g/mol. The van der Waals surface area contributed by atoms with Crippen LogP contribution in [0.1, 0.15) is 12.5 Å². The maximum Gasteiger partial charge on any atom is 0.344 e. The number of anilines is 1. The molecule has 0 fully saturated rings. The van der Waals surface area contributed by atoms with Crippen LogP contribution in [-0.2, 0) is 14.3 Å². The summed E-state index contributed by atoms with van der Waals surface area (Å²) in [5.74, 6) is -0.202. The van der Waals surface area contributed by atoms with Crippen molar-refractivity contribution in [3.63, 3.8) is 0 Å². The third-order valence-corrected chi connectivity index (χ3v) is 2.99. The number of nitrogens with one attached hydrogen (secondary N) is 1. The Morgan fingerprint density at radius 3 is 2.62 bits per heavy atom. The summed E-state index contributed by atoms with van der Waals surface area (Å²) >= 11 is 0. The van der Waals surface area contributed by atoms with Crippen LogP contribution in [0.2, 0.25) is 0 Å². The first-order valence-corrected chi connectivity index (χ1v) is 7.60. The second kappa shape index (κ2) is 9.15. The third-order valence-electron chi connectivity index (χ3n) is 2.99. The molecule has 1 N–H and O–H groups in total. The first-order valence-electron chi connectivity index (χ1n) is 7.60. The molecule has 2 aromatic carbocycles. The molecule has 0 aromatic heterocycles. The monoisotopic (exact) mass is 325 g/mol. The van der Waals surface area contributed by atoms with E-state index in [9.17, 15) is 9.59 Å². The minimum absolute atomic E-state index is 0.168. The van der Waals surface area contributed by atoms with E-state index in [1.54, 1.807) is 37.3 Å². The molecular formula is C19H19NO4. The van der Waals surface area contributed by atoms with Gasteiger partial charge in [-0.05, 0) is 30.7 Å². The number of amides is 1. The van der Waals surface area contributed by atoms with E-state index in [1.165, 1.54) is 6.08 Å². The zero-order valence-electron chi connectivity index (χ0n) is 13.4. The van der Waals surface area contributed by atoms with Crippen molar-refractivity contribution in [3.05, 3.63) is 66.2 Å². The molecule has 0 saturated carbocycles. The molecule has 5 nitrogen and oxygen atoms in total. The minimum atomic E-state index is -0.433. The summed E-state index contributed by atoms with van der Waals surface area (Å²) in [6.07, 6.45) is 3.19. The summed E-state index contributed by atoms with van der Waals surface area (Å²) in [6.45, 7) is 1.88. The van der Waals surface area contributed by atoms with Gasteiger partial charge in [-0.3, -0.25) is 4.79 Å². The van der Waals surface area contributed by atoms with Crippen LogP contribution in [0.4, 0.5) is 5.69 Å². The van der Waals surface area contributed by atoms with Crippen LogP contribution >= 0.6 is 0 Å². The highest BCUT2D eigenvalue weighted by Crippen LogP contribution is 2.17. The van der Waals surface area contributed by atoms with E-state index in [0.29, 0.717) is 18.0 Å². The summed E-state index contributed by atoms with van der Waals surface area (Å²) in [4.78, 5) is 23.2. The number of carbonyl (C=O) groups is 2. The molecule has 24 heavy (non-hydrogen) atoms. The fourth-order valence-corrected chi connectivity index (χ4v) is 1.93. The van der Waals surface area contributed by atoms with Crippen molar-refractivity contribution in [2.45, 2.75) is 6.92 Å². The molecule has 0 heterocycles. The van der Waals surface area contributed by atoms with Crippen LogP contribution in [0.5, 0.6) is 5.75 Å². The molecule has 124 valence electrons. The van der Waals surface area contributed by atoms with Gasteiger partial charge in [-0.15, -0.1) is 0 Å². The number of hydrogen-bond acceptors (Lipinski definition) is 4. The van der Waals surface area contributed by atoms with Crippen molar-refractivity contribution in [2.24, 2.45) is 0 Å². The van der Waals surface area contributed by atoms with Gasteiger partial charge >= 0.3 is 5.97 Å². The molecule has 0 unspecified atom stereocenters. The van der Waals surface area contributed by atoms with E-state index in [0.717, 1.165) is 5.56 Å². The van der Waals surface area contributed by atoms with Crippen molar-refractivity contribution in [1.29, 1.82) is 0 Å². The lowest BCUT2D eigenvalue weighted by Gasteiger charge is -2.08. The van der Waals surface area contributed by atoms with Gasteiger partial charge < -0.3 is 14.8 Å². The van der Waals surface area contributed by atoms with Crippen LogP contribution in [0.15, 0.2) is 60.7 Å². The fourth-order valence-electron chi connectivity index (χ4n) is 1.93. The molecule has 2 rings (SSSR count). The van der Waals surface area contributed by atoms with Gasteiger partial charge in [-0.2, -0.15) is 0 Å². The van der Waals surface area contributed by atoms with Crippen LogP contribution in [0, 0.1) is 0 Å². The largest absolute Gasteiger partial charge is 0.482 e. The topological polar surface area (TPSA) is 64.6 Å². The fraction of sp³-hybridized carbons (Fsp3) is 0.158. The average Bonchev–Trinajstić information content (AvgIpc) is 2.60. The first-order chi connectivity index (χ1) is 11.7. The Bertz CT molecular complexity index is 710. The first kappa shape index (κ1) is 17.3. The number of benzene rings is 2. The number of esters is 1. The number of carbonyl (C=O) groups excluding carboxylic acids is 2. The van der Waals surface area contributed by atoms with Crippen LogP contribution in [0.3, 0.4) is 0 Å². The maximum atomic E-state index is 11.9. The van der Waals surface area contributed by atoms with Crippen molar-refractivity contribution in [3.8, 4) is 5.75 Å². The molecule has 0 aliphatic carbocycles. The lowest BCUT2D eigenvalue weighted by Crippen LogP contribution is -2.14. The minimum Gasteiger partial charge on any atom is -0.482 e.